The topological polar surface area (TPSA) is 55.1 Å². The van der Waals surface area contributed by atoms with Crippen molar-refractivity contribution in [2.45, 2.75) is 47.6 Å². The molecule has 0 aromatic heterocycles. The van der Waals surface area contributed by atoms with Crippen LogP contribution in [0.25, 0.3) is 0 Å². The molecule has 3 heteroatoms. The maximum atomic E-state index is 12.0. The summed E-state index contributed by atoms with van der Waals surface area (Å²) in [6.07, 6.45) is 0.518. The van der Waals surface area contributed by atoms with Crippen molar-refractivity contribution in [3.63, 3.8) is 0 Å². The SMILES string of the molecule is Cc1cc(CN)cc(C)c1NC(=O)CC(C)(C)C. The van der Waals surface area contributed by atoms with Crippen LogP contribution in [-0.2, 0) is 11.3 Å². The van der Waals surface area contributed by atoms with Crippen LogP contribution in [0.2, 0.25) is 0 Å². The van der Waals surface area contributed by atoms with Crippen LogP contribution in [0.15, 0.2) is 12.1 Å². The van der Waals surface area contributed by atoms with Gasteiger partial charge in [-0.3, -0.25) is 4.79 Å². The molecule has 1 amide bonds. The molecule has 0 unspecified atom stereocenters. The number of anilines is 1. The second-order valence-electron chi connectivity index (χ2n) is 6.09. The summed E-state index contributed by atoms with van der Waals surface area (Å²) in [7, 11) is 0. The van der Waals surface area contributed by atoms with Gasteiger partial charge in [-0.25, -0.2) is 0 Å². The van der Waals surface area contributed by atoms with Gasteiger partial charge in [-0.1, -0.05) is 32.9 Å². The Bertz CT molecular complexity index is 421. The summed E-state index contributed by atoms with van der Waals surface area (Å²) in [6.45, 7) is 10.7. The van der Waals surface area contributed by atoms with Crippen molar-refractivity contribution >= 4 is 11.6 Å². The molecule has 1 aromatic carbocycles. The predicted octanol–water partition coefficient (Wildman–Crippen LogP) is 3.14. The molecule has 0 bridgehead atoms. The molecule has 0 atom stereocenters. The summed E-state index contributed by atoms with van der Waals surface area (Å²) in [6, 6.07) is 4.05. The Labute approximate surface area is 110 Å². The van der Waals surface area contributed by atoms with E-state index in [0.717, 1.165) is 22.4 Å². The Morgan fingerprint density at radius 2 is 1.72 bits per heavy atom. The number of carbonyl (C=O) groups is 1. The lowest BCUT2D eigenvalue weighted by molar-refractivity contribution is -0.117. The molecule has 3 N–H and O–H groups in total. The van der Waals surface area contributed by atoms with Gasteiger partial charge in [-0.05, 0) is 36.0 Å². The Morgan fingerprint density at radius 3 is 2.11 bits per heavy atom. The molecular weight excluding hydrogens is 224 g/mol. The fraction of sp³-hybridized carbons (Fsp3) is 0.533. The second kappa shape index (κ2) is 5.53. The number of aryl methyl sites for hydroxylation is 2. The molecule has 1 rings (SSSR count). The molecule has 3 nitrogen and oxygen atoms in total. The molecule has 0 radical (unpaired) electrons. The van der Waals surface area contributed by atoms with Gasteiger partial charge in [0.15, 0.2) is 0 Å². The van der Waals surface area contributed by atoms with Crippen LogP contribution < -0.4 is 11.1 Å². The Morgan fingerprint density at radius 1 is 1.22 bits per heavy atom. The number of carbonyl (C=O) groups excluding carboxylic acids is 1. The van der Waals surface area contributed by atoms with E-state index in [2.05, 4.69) is 26.1 Å². The van der Waals surface area contributed by atoms with Gasteiger partial charge in [0, 0.05) is 18.7 Å². The van der Waals surface area contributed by atoms with Crippen molar-refractivity contribution < 1.29 is 4.79 Å². The van der Waals surface area contributed by atoms with Crippen molar-refractivity contribution in [3.05, 3.63) is 28.8 Å². The molecule has 0 fully saturated rings. The molecule has 0 saturated heterocycles. The van der Waals surface area contributed by atoms with Gasteiger partial charge in [-0.2, -0.15) is 0 Å². The molecule has 0 spiro atoms. The van der Waals surface area contributed by atoms with Crippen LogP contribution in [0.1, 0.15) is 43.9 Å². The van der Waals surface area contributed by atoms with Crippen molar-refractivity contribution in [2.24, 2.45) is 11.1 Å². The zero-order valence-electron chi connectivity index (χ0n) is 12.1. The highest BCUT2D eigenvalue weighted by atomic mass is 16.1. The lowest BCUT2D eigenvalue weighted by Crippen LogP contribution is -2.20. The molecule has 0 aliphatic rings. The number of nitrogens with two attached hydrogens (primary N) is 1. The highest BCUT2D eigenvalue weighted by molar-refractivity contribution is 5.92. The van der Waals surface area contributed by atoms with E-state index in [-0.39, 0.29) is 11.3 Å². The lowest BCUT2D eigenvalue weighted by atomic mass is 9.92. The van der Waals surface area contributed by atoms with Gasteiger partial charge in [-0.15, -0.1) is 0 Å². The summed E-state index contributed by atoms with van der Waals surface area (Å²) >= 11 is 0. The first-order chi connectivity index (χ1) is 8.23. The van der Waals surface area contributed by atoms with E-state index in [4.69, 9.17) is 5.73 Å². The van der Waals surface area contributed by atoms with E-state index in [1.165, 1.54) is 0 Å². The maximum Gasteiger partial charge on any atom is 0.224 e. The summed E-state index contributed by atoms with van der Waals surface area (Å²) in [5.74, 6) is 0.0641. The zero-order valence-corrected chi connectivity index (χ0v) is 12.1. The predicted molar refractivity (Wildman–Crippen MR) is 76.5 cm³/mol. The van der Waals surface area contributed by atoms with Gasteiger partial charge >= 0.3 is 0 Å². The molecule has 0 saturated carbocycles. The fourth-order valence-electron chi connectivity index (χ4n) is 2.03. The van der Waals surface area contributed by atoms with E-state index in [9.17, 15) is 4.79 Å². The third-order valence-corrected chi connectivity index (χ3v) is 2.78. The molecule has 0 aliphatic heterocycles. The van der Waals surface area contributed by atoms with E-state index in [1.807, 2.05) is 26.0 Å². The Hall–Kier alpha value is -1.35. The number of rotatable bonds is 3. The van der Waals surface area contributed by atoms with E-state index in [0.29, 0.717) is 13.0 Å². The van der Waals surface area contributed by atoms with Crippen molar-refractivity contribution in [1.82, 2.24) is 0 Å². The normalized spacial score (nSPS) is 11.4. The summed E-state index contributed by atoms with van der Waals surface area (Å²) in [5, 5.41) is 3.01. The minimum absolute atomic E-state index is 0.00307. The average Bonchev–Trinajstić information content (AvgIpc) is 2.20. The van der Waals surface area contributed by atoms with Crippen molar-refractivity contribution in [3.8, 4) is 0 Å². The maximum absolute atomic E-state index is 12.0. The third kappa shape index (κ3) is 4.15. The minimum Gasteiger partial charge on any atom is -0.326 e. The molecule has 0 aliphatic carbocycles. The van der Waals surface area contributed by atoms with Gasteiger partial charge in [0.05, 0.1) is 0 Å². The fourth-order valence-corrected chi connectivity index (χ4v) is 2.03. The van der Waals surface area contributed by atoms with Gasteiger partial charge in [0.1, 0.15) is 0 Å². The summed E-state index contributed by atoms with van der Waals surface area (Å²) in [4.78, 5) is 12.0. The van der Waals surface area contributed by atoms with E-state index in [1.54, 1.807) is 0 Å². The van der Waals surface area contributed by atoms with Crippen LogP contribution in [-0.4, -0.2) is 5.91 Å². The molecule has 0 heterocycles. The van der Waals surface area contributed by atoms with Crippen LogP contribution in [0, 0.1) is 19.3 Å². The average molecular weight is 248 g/mol. The summed E-state index contributed by atoms with van der Waals surface area (Å²) < 4.78 is 0. The Balaban J connectivity index is 2.88. The minimum atomic E-state index is 0.00307. The quantitative estimate of drug-likeness (QED) is 0.863. The van der Waals surface area contributed by atoms with Gasteiger partial charge in [0.25, 0.3) is 0 Å². The Kier molecular flexibility index (Phi) is 4.52. The highest BCUT2D eigenvalue weighted by Gasteiger charge is 2.17. The van der Waals surface area contributed by atoms with Crippen molar-refractivity contribution in [1.29, 1.82) is 0 Å². The van der Waals surface area contributed by atoms with Crippen LogP contribution in [0.3, 0.4) is 0 Å². The van der Waals surface area contributed by atoms with Gasteiger partial charge < -0.3 is 11.1 Å². The first-order valence-corrected chi connectivity index (χ1v) is 6.33. The first kappa shape index (κ1) is 14.7. The second-order valence-corrected chi connectivity index (χ2v) is 6.09. The lowest BCUT2D eigenvalue weighted by Gasteiger charge is -2.19. The van der Waals surface area contributed by atoms with E-state index >= 15 is 0 Å². The van der Waals surface area contributed by atoms with Crippen LogP contribution in [0.4, 0.5) is 5.69 Å². The number of hydrogen-bond acceptors (Lipinski definition) is 2. The first-order valence-electron chi connectivity index (χ1n) is 6.33. The number of amides is 1. The molecular formula is C15H24N2O. The smallest absolute Gasteiger partial charge is 0.224 e. The van der Waals surface area contributed by atoms with Gasteiger partial charge in [0.2, 0.25) is 5.91 Å². The highest BCUT2D eigenvalue weighted by Crippen LogP contribution is 2.24. The number of benzene rings is 1. The third-order valence-electron chi connectivity index (χ3n) is 2.78. The van der Waals surface area contributed by atoms with Crippen LogP contribution in [0.5, 0.6) is 0 Å². The monoisotopic (exact) mass is 248 g/mol. The number of nitrogens with one attached hydrogen (secondary N) is 1. The molecule has 18 heavy (non-hydrogen) atoms. The molecule has 100 valence electrons. The molecule has 1 aromatic rings. The summed E-state index contributed by atoms with van der Waals surface area (Å²) in [5.41, 5.74) is 9.79. The zero-order chi connectivity index (χ0) is 13.9. The van der Waals surface area contributed by atoms with Crippen molar-refractivity contribution in [2.75, 3.05) is 5.32 Å². The van der Waals surface area contributed by atoms with E-state index < -0.39 is 0 Å². The van der Waals surface area contributed by atoms with Crippen LogP contribution >= 0.6 is 0 Å². The largest absolute Gasteiger partial charge is 0.326 e. The standard InChI is InChI=1S/C15H24N2O/c1-10-6-12(9-16)7-11(2)14(10)17-13(18)8-15(3,4)5/h6-7H,8-9,16H2,1-5H3,(H,17,18). The number of hydrogen-bond donors (Lipinski definition) is 2.